The molecule has 0 aliphatic heterocycles. The van der Waals surface area contributed by atoms with Gasteiger partial charge in [0.25, 0.3) is 0 Å². The predicted octanol–water partition coefficient (Wildman–Crippen LogP) is 11.3. The molecule has 0 saturated heterocycles. The maximum Gasteiger partial charge on any atom is 0.472 e. The first-order valence-corrected chi connectivity index (χ1v) is 22.1. The van der Waals surface area contributed by atoms with E-state index in [1.807, 2.05) is 0 Å². The van der Waals surface area contributed by atoms with Crippen LogP contribution in [-0.2, 0) is 32.7 Å². The Bertz CT molecular complexity index is 840. The van der Waals surface area contributed by atoms with Gasteiger partial charge in [-0.05, 0) is 45.6 Å². The summed E-state index contributed by atoms with van der Waals surface area (Å²) in [5.74, 6) is -0.809. The molecule has 0 aromatic heterocycles. The number of hydrogen-bond donors (Lipinski definition) is 2. The molecule has 0 aromatic rings. The normalized spacial score (nSPS) is 13.4. The zero-order valence-corrected chi connectivity index (χ0v) is 33.5. The van der Waals surface area contributed by atoms with Crippen LogP contribution in [0.1, 0.15) is 194 Å². The second-order valence-corrected chi connectivity index (χ2v) is 15.3. The van der Waals surface area contributed by atoms with Gasteiger partial charge < -0.3 is 19.7 Å². The number of likely N-dealkylation sites (N-methyl/N-ethyl adjacent to an activating group) is 1. The van der Waals surface area contributed by atoms with Crippen molar-refractivity contribution in [2.24, 2.45) is 0 Å². The molecule has 0 aliphatic carbocycles. The molecule has 10 heteroatoms. The highest BCUT2D eigenvalue weighted by Crippen LogP contribution is 2.43. The summed E-state index contributed by atoms with van der Waals surface area (Å²) in [7, 11) is -2.64. The van der Waals surface area contributed by atoms with E-state index in [9.17, 15) is 19.0 Å². The minimum absolute atomic E-state index is 0.0152. The average Bonchev–Trinajstić information content (AvgIpc) is 3.09. The maximum atomic E-state index is 12.6. The Balaban J connectivity index is 4.24. The van der Waals surface area contributed by atoms with Crippen molar-refractivity contribution in [2.75, 3.05) is 33.4 Å². The van der Waals surface area contributed by atoms with Crippen LogP contribution in [-0.4, -0.2) is 56.3 Å². The molecule has 2 N–H and O–H groups in total. The SMILES string of the molecule is CCCCCCCC/C=C\CCCCCCCC(=O)OCC(COP(=O)(O)OCCNC)OC(=O)CCCCCCCCCCCCCCC. The Hall–Kier alpha value is -1.25. The van der Waals surface area contributed by atoms with Gasteiger partial charge in [-0.1, -0.05) is 154 Å². The first-order chi connectivity index (χ1) is 24.3. The monoisotopic (exact) mass is 732 g/mol. The van der Waals surface area contributed by atoms with Crippen molar-refractivity contribution in [3.8, 4) is 0 Å². The van der Waals surface area contributed by atoms with Gasteiger partial charge in [0.1, 0.15) is 6.61 Å². The van der Waals surface area contributed by atoms with Gasteiger partial charge in [-0.2, -0.15) is 0 Å². The summed E-state index contributed by atoms with van der Waals surface area (Å²) < 4.78 is 33.1. The fraction of sp³-hybridized carbons (Fsp3) is 0.900. The number of esters is 2. The van der Waals surface area contributed by atoms with E-state index >= 15 is 0 Å². The summed E-state index contributed by atoms with van der Waals surface area (Å²) in [5, 5.41) is 2.82. The summed E-state index contributed by atoms with van der Waals surface area (Å²) in [6.07, 6.45) is 35.3. The number of nitrogens with one attached hydrogen (secondary N) is 1. The number of rotatable bonds is 39. The van der Waals surface area contributed by atoms with Crippen molar-refractivity contribution in [1.82, 2.24) is 5.32 Å². The number of ether oxygens (including phenoxy) is 2. The number of phosphoric acid groups is 1. The second-order valence-electron chi connectivity index (χ2n) is 13.8. The molecule has 0 fully saturated rings. The molecular weight excluding hydrogens is 653 g/mol. The summed E-state index contributed by atoms with van der Waals surface area (Å²) in [6, 6.07) is 0. The van der Waals surface area contributed by atoms with Crippen molar-refractivity contribution in [3.63, 3.8) is 0 Å². The third-order valence-corrected chi connectivity index (χ3v) is 9.87. The van der Waals surface area contributed by atoms with E-state index in [1.165, 1.54) is 109 Å². The Morgan fingerprint density at radius 1 is 0.600 bits per heavy atom. The van der Waals surface area contributed by atoms with Crippen LogP contribution in [0.5, 0.6) is 0 Å². The van der Waals surface area contributed by atoms with Gasteiger partial charge in [0.15, 0.2) is 6.10 Å². The molecule has 0 amide bonds. The Morgan fingerprint density at radius 2 is 1.02 bits per heavy atom. The van der Waals surface area contributed by atoms with Crippen molar-refractivity contribution in [1.29, 1.82) is 0 Å². The fourth-order valence-corrected chi connectivity index (χ4v) is 6.48. The molecule has 296 valence electrons. The molecule has 0 saturated carbocycles. The molecule has 0 radical (unpaired) electrons. The molecular formula is C40H78NO8P. The zero-order valence-electron chi connectivity index (χ0n) is 32.6. The number of carbonyl (C=O) groups excluding carboxylic acids is 2. The first kappa shape index (κ1) is 48.8. The van der Waals surface area contributed by atoms with Gasteiger partial charge in [-0.3, -0.25) is 18.6 Å². The van der Waals surface area contributed by atoms with Gasteiger partial charge in [-0.25, -0.2) is 4.57 Å². The molecule has 0 aromatic carbocycles. The number of allylic oxidation sites excluding steroid dienone is 2. The van der Waals surface area contributed by atoms with Crippen LogP contribution < -0.4 is 5.32 Å². The van der Waals surface area contributed by atoms with E-state index in [0.29, 0.717) is 13.0 Å². The molecule has 0 aliphatic rings. The van der Waals surface area contributed by atoms with Crippen molar-refractivity contribution in [2.45, 2.75) is 200 Å². The number of hydrogen-bond acceptors (Lipinski definition) is 8. The highest BCUT2D eigenvalue weighted by atomic mass is 31.2. The van der Waals surface area contributed by atoms with Crippen LogP contribution in [0.2, 0.25) is 0 Å². The van der Waals surface area contributed by atoms with Gasteiger partial charge in [0.05, 0.1) is 13.2 Å². The van der Waals surface area contributed by atoms with Crippen LogP contribution in [0.4, 0.5) is 0 Å². The first-order valence-electron chi connectivity index (χ1n) is 20.6. The van der Waals surface area contributed by atoms with Crippen LogP contribution in [0, 0.1) is 0 Å². The summed E-state index contributed by atoms with van der Waals surface area (Å²) in [4.78, 5) is 34.9. The second kappa shape index (κ2) is 37.5. The van der Waals surface area contributed by atoms with Gasteiger partial charge in [0.2, 0.25) is 0 Å². The lowest BCUT2D eigenvalue weighted by atomic mass is 10.0. The highest BCUT2D eigenvalue weighted by Gasteiger charge is 2.26. The van der Waals surface area contributed by atoms with Crippen molar-refractivity contribution >= 4 is 19.8 Å². The van der Waals surface area contributed by atoms with Crippen LogP contribution in [0.25, 0.3) is 0 Å². The summed E-state index contributed by atoms with van der Waals surface area (Å²) in [5.41, 5.74) is 0. The standard InChI is InChI=1S/C40H78NO8P/c1-4-6-8-10-12-14-16-18-19-21-22-24-26-28-30-32-39(42)46-36-38(37-48-50(44,45)47-35-34-41-3)49-40(43)33-31-29-27-25-23-20-17-15-13-11-9-7-5-2/h18-19,38,41H,4-17,20-37H2,1-3H3,(H,44,45)/b19-18-. The molecule has 9 nitrogen and oxygen atoms in total. The van der Waals surface area contributed by atoms with Crippen LogP contribution in [0.3, 0.4) is 0 Å². The van der Waals surface area contributed by atoms with Crippen molar-refractivity contribution < 1.29 is 37.6 Å². The van der Waals surface area contributed by atoms with Crippen LogP contribution in [0.15, 0.2) is 12.2 Å². The van der Waals surface area contributed by atoms with E-state index in [4.69, 9.17) is 18.5 Å². The van der Waals surface area contributed by atoms with Gasteiger partial charge >= 0.3 is 19.8 Å². The third-order valence-electron chi connectivity index (χ3n) is 8.89. The predicted molar refractivity (Wildman–Crippen MR) is 206 cm³/mol. The Kier molecular flexibility index (Phi) is 36.6. The average molecular weight is 732 g/mol. The zero-order chi connectivity index (χ0) is 36.8. The topological polar surface area (TPSA) is 120 Å². The van der Waals surface area contributed by atoms with E-state index in [0.717, 1.165) is 51.4 Å². The summed E-state index contributed by atoms with van der Waals surface area (Å²) >= 11 is 0. The lowest BCUT2D eigenvalue weighted by Crippen LogP contribution is -2.29. The lowest BCUT2D eigenvalue weighted by Gasteiger charge is -2.20. The Labute approximate surface area is 307 Å². The van der Waals surface area contributed by atoms with E-state index in [-0.39, 0.29) is 32.0 Å². The van der Waals surface area contributed by atoms with Crippen LogP contribution >= 0.6 is 7.82 Å². The number of phosphoric ester groups is 1. The number of carbonyl (C=O) groups is 2. The molecule has 0 spiro atoms. The van der Waals surface area contributed by atoms with E-state index in [2.05, 4.69) is 31.3 Å². The van der Waals surface area contributed by atoms with Crippen molar-refractivity contribution in [3.05, 3.63) is 12.2 Å². The molecule has 0 heterocycles. The number of unbranched alkanes of at least 4 members (excludes halogenated alkanes) is 23. The maximum absolute atomic E-state index is 12.6. The molecule has 2 unspecified atom stereocenters. The van der Waals surface area contributed by atoms with Gasteiger partial charge in [-0.15, -0.1) is 0 Å². The quantitative estimate of drug-likeness (QED) is 0.0275. The minimum Gasteiger partial charge on any atom is -0.462 e. The minimum atomic E-state index is -4.34. The summed E-state index contributed by atoms with van der Waals surface area (Å²) in [6.45, 7) is 4.22. The highest BCUT2D eigenvalue weighted by molar-refractivity contribution is 7.47. The van der Waals surface area contributed by atoms with E-state index in [1.54, 1.807) is 7.05 Å². The smallest absolute Gasteiger partial charge is 0.462 e. The van der Waals surface area contributed by atoms with E-state index < -0.39 is 26.5 Å². The molecule has 2 atom stereocenters. The molecule has 50 heavy (non-hydrogen) atoms. The fourth-order valence-electron chi connectivity index (χ4n) is 5.72. The Morgan fingerprint density at radius 3 is 1.48 bits per heavy atom. The molecule has 0 rings (SSSR count). The largest absolute Gasteiger partial charge is 0.472 e. The lowest BCUT2D eigenvalue weighted by molar-refractivity contribution is -0.161. The third kappa shape index (κ3) is 36.5. The molecule has 0 bridgehead atoms. The van der Waals surface area contributed by atoms with Gasteiger partial charge in [0, 0.05) is 19.4 Å².